The third-order valence-corrected chi connectivity index (χ3v) is 3.45. The number of nitrogens with zero attached hydrogens (tertiary/aromatic N) is 1. The second-order valence-corrected chi connectivity index (χ2v) is 4.58. The van der Waals surface area contributed by atoms with Gasteiger partial charge in [-0.3, -0.25) is 4.72 Å². The molecule has 2 N–H and O–H groups in total. The van der Waals surface area contributed by atoms with Gasteiger partial charge in [0.05, 0.1) is 5.69 Å². The number of aromatic nitrogens is 1. The van der Waals surface area contributed by atoms with Gasteiger partial charge >= 0.3 is 6.03 Å². The Hall–Kier alpha value is -0.820. The Morgan fingerprint density at radius 3 is 3.13 bits per heavy atom. The van der Waals surface area contributed by atoms with Crippen LogP contribution in [0.2, 0.25) is 0 Å². The van der Waals surface area contributed by atoms with E-state index in [1.54, 1.807) is 25.1 Å². The molecule has 0 saturated heterocycles. The summed E-state index contributed by atoms with van der Waals surface area (Å²) in [6, 6.07) is 1.68. The van der Waals surface area contributed by atoms with E-state index >= 15 is 0 Å². The first-order valence-electron chi connectivity index (χ1n) is 4.39. The Morgan fingerprint density at radius 1 is 1.60 bits per heavy atom. The second kappa shape index (κ2) is 7.47. The monoisotopic (exact) mass is 247 g/mol. The van der Waals surface area contributed by atoms with Crippen LogP contribution in [0.25, 0.3) is 0 Å². The molecule has 2 amide bonds. The number of thioether (sulfide) groups is 1. The Bertz CT molecular complexity index is 279. The zero-order valence-corrected chi connectivity index (χ0v) is 9.99. The Kier molecular flexibility index (Phi) is 6.10. The van der Waals surface area contributed by atoms with Gasteiger partial charge in [0, 0.05) is 30.4 Å². The highest BCUT2D eigenvalue weighted by Crippen LogP contribution is 2.11. The minimum absolute atomic E-state index is 0.165. The summed E-state index contributed by atoms with van der Waals surface area (Å²) < 4.78 is 7.35. The van der Waals surface area contributed by atoms with E-state index in [0.29, 0.717) is 0 Å². The van der Waals surface area contributed by atoms with Crippen molar-refractivity contribution < 1.29 is 9.32 Å². The summed E-state index contributed by atoms with van der Waals surface area (Å²) >= 11 is 3.15. The van der Waals surface area contributed by atoms with E-state index < -0.39 is 0 Å². The van der Waals surface area contributed by atoms with Gasteiger partial charge in [0.15, 0.2) is 0 Å². The highest BCUT2D eigenvalue weighted by atomic mass is 32.2. The summed E-state index contributed by atoms with van der Waals surface area (Å²) in [5, 5.41) is 6.27. The molecule has 0 spiro atoms. The number of nitrogens with one attached hydrogen (secondary N) is 2. The van der Waals surface area contributed by atoms with Gasteiger partial charge in [-0.1, -0.05) is 5.16 Å². The van der Waals surface area contributed by atoms with Gasteiger partial charge < -0.3 is 9.84 Å². The van der Waals surface area contributed by atoms with Crippen LogP contribution in [0.3, 0.4) is 0 Å². The van der Waals surface area contributed by atoms with E-state index in [9.17, 15) is 4.79 Å². The van der Waals surface area contributed by atoms with Crippen LogP contribution in [-0.4, -0.2) is 29.7 Å². The van der Waals surface area contributed by atoms with Crippen LogP contribution >= 0.6 is 23.7 Å². The van der Waals surface area contributed by atoms with E-state index in [2.05, 4.69) is 15.2 Å². The first-order chi connectivity index (χ1) is 7.33. The minimum Gasteiger partial charge on any atom is -0.364 e. The fourth-order valence-electron chi connectivity index (χ4n) is 0.757. The lowest BCUT2D eigenvalue weighted by molar-refractivity contribution is 0.248. The molecule has 7 heteroatoms. The van der Waals surface area contributed by atoms with Gasteiger partial charge in [0.25, 0.3) is 0 Å². The van der Waals surface area contributed by atoms with Crippen LogP contribution in [0.15, 0.2) is 16.9 Å². The third kappa shape index (κ3) is 5.58. The Balaban J connectivity index is 1.91. The highest BCUT2D eigenvalue weighted by Gasteiger charge is 1.98. The van der Waals surface area contributed by atoms with Crippen LogP contribution in [0.5, 0.6) is 0 Å². The molecule has 0 aromatic carbocycles. The molecule has 1 heterocycles. The maximum Gasteiger partial charge on any atom is 0.324 e. The molecule has 1 rings (SSSR count). The average Bonchev–Trinajstić information content (AvgIpc) is 2.75. The van der Waals surface area contributed by atoms with Crippen LogP contribution < -0.4 is 10.0 Å². The second-order valence-electron chi connectivity index (χ2n) is 2.57. The van der Waals surface area contributed by atoms with E-state index in [1.807, 2.05) is 6.07 Å². The molecule has 1 aromatic rings. The molecule has 0 fully saturated rings. The molecule has 0 aliphatic carbocycles. The summed E-state index contributed by atoms with van der Waals surface area (Å²) in [5.41, 5.74) is 0.948. The molecule has 0 bridgehead atoms. The summed E-state index contributed by atoms with van der Waals surface area (Å²) in [7, 11) is 1.59. The fraction of sp³-hybridized carbons (Fsp3) is 0.500. The lowest BCUT2D eigenvalue weighted by Gasteiger charge is -2.02. The van der Waals surface area contributed by atoms with Gasteiger partial charge in [-0.25, -0.2) is 4.79 Å². The molecule has 0 radical (unpaired) electrons. The number of urea groups is 1. The van der Waals surface area contributed by atoms with Gasteiger partial charge in [-0.15, -0.1) is 0 Å². The standard InChI is InChI=1S/C8H13N3O2S2/c1-9-8(12)11-15-5-4-14-6-7-2-3-13-10-7/h2-3H,4-6H2,1H3,(H2,9,11,12). The minimum atomic E-state index is -0.165. The molecule has 0 aliphatic rings. The summed E-state index contributed by atoms with van der Waals surface area (Å²) in [6.45, 7) is 0. The van der Waals surface area contributed by atoms with Crippen LogP contribution in [0.1, 0.15) is 5.69 Å². The van der Waals surface area contributed by atoms with E-state index in [-0.39, 0.29) is 6.03 Å². The van der Waals surface area contributed by atoms with E-state index in [0.717, 1.165) is 23.0 Å². The lowest BCUT2D eigenvalue weighted by atomic mass is 10.5. The zero-order chi connectivity index (χ0) is 10.9. The third-order valence-electron chi connectivity index (χ3n) is 1.46. The van der Waals surface area contributed by atoms with Crippen molar-refractivity contribution in [1.29, 1.82) is 0 Å². The molecular weight excluding hydrogens is 234 g/mol. The number of carbonyl (C=O) groups is 1. The summed E-state index contributed by atoms with van der Waals surface area (Å²) in [4.78, 5) is 10.8. The maximum absolute atomic E-state index is 10.8. The highest BCUT2D eigenvalue weighted by molar-refractivity contribution is 8.01. The molecule has 0 saturated carbocycles. The van der Waals surface area contributed by atoms with Gasteiger partial charge in [0.2, 0.25) is 0 Å². The average molecular weight is 247 g/mol. The van der Waals surface area contributed by atoms with Crippen molar-refractivity contribution in [2.45, 2.75) is 5.75 Å². The first kappa shape index (κ1) is 12.3. The molecule has 84 valence electrons. The largest absolute Gasteiger partial charge is 0.364 e. The molecular formula is C8H13N3O2S2. The number of hydrogen-bond donors (Lipinski definition) is 2. The van der Waals surface area contributed by atoms with Gasteiger partial charge in [-0.05, 0) is 11.9 Å². The predicted molar refractivity (Wildman–Crippen MR) is 62.7 cm³/mol. The topological polar surface area (TPSA) is 67.2 Å². The normalized spacial score (nSPS) is 9.93. The summed E-state index contributed by atoms with van der Waals surface area (Å²) in [5.74, 6) is 2.68. The predicted octanol–water partition coefficient (Wildman–Crippen LogP) is 1.49. The number of carbonyl (C=O) groups excluding carboxylic acids is 1. The van der Waals surface area contributed by atoms with Crippen molar-refractivity contribution in [2.75, 3.05) is 18.6 Å². The van der Waals surface area contributed by atoms with Gasteiger partial charge in [-0.2, -0.15) is 11.8 Å². The Morgan fingerprint density at radius 2 is 2.47 bits per heavy atom. The summed E-state index contributed by atoms with van der Waals surface area (Å²) in [6.07, 6.45) is 1.57. The van der Waals surface area contributed by atoms with Crippen molar-refractivity contribution in [1.82, 2.24) is 15.2 Å². The smallest absolute Gasteiger partial charge is 0.324 e. The van der Waals surface area contributed by atoms with E-state index in [1.165, 1.54) is 11.9 Å². The molecule has 0 unspecified atom stereocenters. The number of hydrogen-bond acceptors (Lipinski definition) is 5. The van der Waals surface area contributed by atoms with E-state index in [4.69, 9.17) is 4.52 Å². The first-order valence-corrected chi connectivity index (χ1v) is 6.53. The van der Waals surface area contributed by atoms with Crippen molar-refractivity contribution in [3.8, 4) is 0 Å². The fourth-order valence-corrected chi connectivity index (χ4v) is 2.40. The SMILES string of the molecule is CNC(=O)NSCCSCc1ccon1. The lowest BCUT2D eigenvalue weighted by Crippen LogP contribution is -2.27. The number of amides is 2. The van der Waals surface area contributed by atoms with Crippen LogP contribution in [0, 0.1) is 0 Å². The Labute approximate surface area is 96.9 Å². The van der Waals surface area contributed by atoms with Crippen molar-refractivity contribution in [2.24, 2.45) is 0 Å². The number of rotatable bonds is 6. The maximum atomic E-state index is 10.8. The quantitative estimate of drug-likeness (QED) is 0.589. The zero-order valence-electron chi connectivity index (χ0n) is 8.36. The van der Waals surface area contributed by atoms with Gasteiger partial charge in [0.1, 0.15) is 6.26 Å². The molecule has 15 heavy (non-hydrogen) atoms. The van der Waals surface area contributed by atoms with Crippen LogP contribution in [-0.2, 0) is 5.75 Å². The molecule has 0 atom stereocenters. The molecule has 0 aliphatic heterocycles. The van der Waals surface area contributed by atoms with Crippen molar-refractivity contribution in [3.05, 3.63) is 18.0 Å². The molecule has 5 nitrogen and oxygen atoms in total. The molecule has 1 aromatic heterocycles. The van der Waals surface area contributed by atoms with Crippen molar-refractivity contribution in [3.63, 3.8) is 0 Å². The van der Waals surface area contributed by atoms with Crippen LogP contribution in [0.4, 0.5) is 4.79 Å². The van der Waals surface area contributed by atoms with Crippen molar-refractivity contribution >= 4 is 29.7 Å².